The first-order chi connectivity index (χ1) is 15.3. The highest BCUT2D eigenvalue weighted by Crippen LogP contribution is 2.23. The molecule has 166 valence electrons. The number of H-pyrrole nitrogens is 1. The van der Waals surface area contributed by atoms with Crippen molar-refractivity contribution < 1.29 is 14.7 Å². The van der Waals surface area contributed by atoms with Gasteiger partial charge in [-0.2, -0.15) is 0 Å². The predicted molar refractivity (Wildman–Crippen MR) is 124 cm³/mol. The molecule has 1 amide bonds. The molecular formula is C24H26N4O4. The third-order valence-corrected chi connectivity index (χ3v) is 5.16. The number of amides is 1. The quantitative estimate of drug-likeness (QED) is 0.464. The van der Waals surface area contributed by atoms with Gasteiger partial charge in [0.1, 0.15) is 0 Å². The fourth-order valence-corrected chi connectivity index (χ4v) is 3.51. The van der Waals surface area contributed by atoms with E-state index in [1.807, 2.05) is 31.2 Å². The van der Waals surface area contributed by atoms with Gasteiger partial charge in [0.15, 0.2) is 0 Å². The van der Waals surface area contributed by atoms with E-state index in [9.17, 15) is 19.5 Å². The lowest BCUT2D eigenvalue weighted by atomic mass is 9.99. The standard InChI is InChI=1S/C24H26N4O4/c1-4-16-8-6-7-9-21(16)25-14-20-22(19(5-2)24(31)32)27-28(23(20)30)18-12-10-17(11-13-18)26-15(3)29/h6-14,19,27H,4-5H2,1-3H3,(H,26,29)(H,31,32). The van der Waals surface area contributed by atoms with Gasteiger partial charge < -0.3 is 10.4 Å². The van der Waals surface area contributed by atoms with Gasteiger partial charge in [0.25, 0.3) is 5.56 Å². The Morgan fingerprint density at radius 3 is 2.44 bits per heavy atom. The van der Waals surface area contributed by atoms with Gasteiger partial charge in [-0.15, -0.1) is 0 Å². The Hall–Kier alpha value is -3.94. The number of rotatable bonds is 8. The maximum Gasteiger partial charge on any atom is 0.312 e. The highest BCUT2D eigenvalue weighted by Gasteiger charge is 2.26. The summed E-state index contributed by atoms with van der Waals surface area (Å²) in [5.41, 5.74) is 2.97. The zero-order valence-electron chi connectivity index (χ0n) is 18.3. The topological polar surface area (TPSA) is 117 Å². The fourth-order valence-electron chi connectivity index (χ4n) is 3.51. The number of para-hydroxylation sites is 1. The number of nitrogens with one attached hydrogen (secondary N) is 2. The van der Waals surface area contributed by atoms with E-state index < -0.39 is 17.4 Å². The molecular weight excluding hydrogens is 408 g/mol. The van der Waals surface area contributed by atoms with Crippen molar-refractivity contribution in [2.75, 3.05) is 5.32 Å². The average Bonchev–Trinajstić information content (AvgIpc) is 3.08. The molecule has 3 rings (SSSR count). The van der Waals surface area contributed by atoms with Gasteiger partial charge in [-0.1, -0.05) is 32.0 Å². The van der Waals surface area contributed by atoms with Crippen molar-refractivity contribution >= 4 is 29.5 Å². The molecule has 3 N–H and O–H groups in total. The highest BCUT2D eigenvalue weighted by molar-refractivity contribution is 5.89. The van der Waals surface area contributed by atoms with Crippen LogP contribution in [0.2, 0.25) is 0 Å². The van der Waals surface area contributed by atoms with E-state index in [1.165, 1.54) is 17.8 Å². The molecule has 0 aliphatic carbocycles. The number of carbonyl (C=O) groups excluding carboxylic acids is 1. The molecule has 0 fully saturated rings. The molecule has 0 spiro atoms. The van der Waals surface area contributed by atoms with Crippen LogP contribution >= 0.6 is 0 Å². The Labute approximate surface area is 185 Å². The van der Waals surface area contributed by atoms with Gasteiger partial charge in [0, 0.05) is 18.8 Å². The summed E-state index contributed by atoms with van der Waals surface area (Å²) in [6.07, 6.45) is 2.53. The van der Waals surface area contributed by atoms with Gasteiger partial charge in [-0.25, -0.2) is 4.68 Å². The van der Waals surface area contributed by atoms with Crippen molar-refractivity contribution in [2.45, 2.75) is 39.5 Å². The van der Waals surface area contributed by atoms with Crippen LogP contribution in [-0.2, 0) is 16.0 Å². The summed E-state index contributed by atoms with van der Waals surface area (Å²) >= 11 is 0. The normalized spacial score (nSPS) is 12.1. The summed E-state index contributed by atoms with van der Waals surface area (Å²) < 4.78 is 1.30. The highest BCUT2D eigenvalue weighted by atomic mass is 16.4. The molecule has 0 saturated heterocycles. The van der Waals surface area contributed by atoms with E-state index >= 15 is 0 Å². The lowest BCUT2D eigenvalue weighted by Crippen LogP contribution is -2.17. The largest absolute Gasteiger partial charge is 0.481 e. The third kappa shape index (κ3) is 4.85. The number of carboxylic acid groups (broad SMARTS) is 1. The van der Waals surface area contributed by atoms with Crippen LogP contribution in [0.25, 0.3) is 5.69 Å². The van der Waals surface area contributed by atoms with Crippen LogP contribution in [-0.4, -0.2) is 33.0 Å². The molecule has 0 bridgehead atoms. The number of anilines is 1. The smallest absolute Gasteiger partial charge is 0.312 e. The Morgan fingerprint density at radius 1 is 1.16 bits per heavy atom. The van der Waals surface area contributed by atoms with Crippen molar-refractivity contribution in [3.63, 3.8) is 0 Å². The number of aryl methyl sites for hydroxylation is 1. The van der Waals surface area contributed by atoms with Gasteiger partial charge >= 0.3 is 5.97 Å². The number of aromatic amines is 1. The van der Waals surface area contributed by atoms with Gasteiger partial charge in [0.2, 0.25) is 5.91 Å². The molecule has 0 radical (unpaired) electrons. The Balaban J connectivity index is 2.10. The number of hydrogen-bond acceptors (Lipinski definition) is 4. The van der Waals surface area contributed by atoms with Crippen LogP contribution < -0.4 is 10.9 Å². The first-order valence-corrected chi connectivity index (χ1v) is 10.4. The summed E-state index contributed by atoms with van der Waals surface area (Å²) in [7, 11) is 0. The molecule has 2 aromatic carbocycles. The molecule has 1 unspecified atom stereocenters. The van der Waals surface area contributed by atoms with Gasteiger partial charge in [-0.05, 0) is 48.7 Å². The predicted octanol–water partition coefficient (Wildman–Crippen LogP) is 4.02. The van der Waals surface area contributed by atoms with E-state index in [1.54, 1.807) is 31.2 Å². The zero-order chi connectivity index (χ0) is 23.3. The first-order valence-electron chi connectivity index (χ1n) is 10.4. The first kappa shape index (κ1) is 22.7. The molecule has 1 heterocycles. The number of hydrogen-bond donors (Lipinski definition) is 3. The number of carbonyl (C=O) groups is 2. The Bertz CT molecular complexity index is 1210. The van der Waals surface area contributed by atoms with Gasteiger partial charge in [-0.3, -0.25) is 24.5 Å². The summed E-state index contributed by atoms with van der Waals surface area (Å²) in [5, 5.41) is 15.3. The molecule has 0 saturated carbocycles. The third-order valence-electron chi connectivity index (χ3n) is 5.16. The number of benzene rings is 2. The number of nitrogens with zero attached hydrogens (tertiary/aromatic N) is 2. The van der Waals surface area contributed by atoms with Crippen LogP contribution in [0.4, 0.5) is 11.4 Å². The van der Waals surface area contributed by atoms with Crippen LogP contribution in [0.3, 0.4) is 0 Å². The maximum absolute atomic E-state index is 13.2. The molecule has 1 aromatic heterocycles. The second-order valence-electron chi connectivity index (χ2n) is 7.35. The molecule has 0 aliphatic heterocycles. The lowest BCUT2D eigenvalue weighted by molar-refractivity contribution is -0.139. The minimum atomic E-state index is -1.02. The van der Waals surface area contributed by atoms with E-state index in [0.717, 1.165) is 17.7 Å². The van der Waals surface area contributed by atoms with Crippen LogP contribution in [0.1, 0.15) is 49.9 Å². The van der Waals surface area contributed by atoms with E-state index in [4.69, 9.17) is 0 Å². The van der Waals surface area contributed by atoms with Crippen LogP contribution in [0.5, 0.6) is 0 Å². The zero-order valence-corrected chi connectivity index (χ0v) is 18.3. The molecule has 3 aromatic rings. The molecule has 32 heavy (non-hydrogen) atoms. The van der Waals surface area contributed by atoms with Crippen LogP contribution in [0.15, 0.2) is 58.3 Å². The number of aliphatic carboxylic acids is 1. The molecule has 0 aliphatic rings. The van der Waals surface area contributed by atoms with Crippen molar-refractivity contribution in [3.05, 3.63) is 75.7 Å². The van der Waals surface area contributed by atoms with E-state index in [-0.39, 0.29) is 11.5 Å². The van der Waals surface area contributed by atoms with Crippen molar-refractivity contribution in [3.8, 4) is 5.69 Å². The number of carboxylic acids is 1. The summed E-state index contributed by atoms with van der Waals surface area (Å²) in [5.74, 6) is -2.11. The average molecular weight is 434 g/mol. The Morgan fingerprint density at radius 2 is 1.84 bits per heavy atom. The summed E-state index contributed by atoms with van der Waals surface area (Å²) in [6, 6.07) is 14.3. The monoisotopic (exact) mass is 434 g/mol. The SMILES string of the molecule is CCc1ccccc1N=Cc1c(C(CC)C(=O)O)[nH]n(-c2ccc(NC(C)=O)cc2)c1=O. The van der Waals surface area contributed by atoms with E-state index in [2.05, 4.69) is 15.4 Å². The van der Waals surface area contributed by atoms with Gasteiger partial charge in [0.05, 0.1) is 28.6 Å². The number of aromatic nitrogens is 2. The molecule has 1 atom stereocenters. The lowest BCUT2D eigenvalue weighted by Gasteiger charge is -2.09. The van der Waals surface area contributed by atoms with Crippen LogP contribution in [0, 0.1) is 0 Å². The Kier molecular flexibility index (Phi) is 7.04. The summed E-state index contributed by atoms with van der Waals surface area (Å²) in [4.78, 5) is 40.8. The number of aliphatic imine (C=N–C) groups is 1. The second-order valence-corrected chi connectivity index (χ2v) is 7.35. The van der Waals surface area contributed by atoms with Crippen molar-refractivity contribution in [1.29, 1.82) is 0 Å². The second kappa shape index (κ2) is 9.91. The van der Waals surface area contributed by atoms with Crippen molar-refractivity contribution in [1.82, 2.24) is 9.78 Å². The van der Waals surface area contributed by atoms with Crippen molar-refractivity contribution in [2.24, 2.45) is 4.99 Å². The van der Waals surface area contributed by atoms with E-state index in [0.29, 0.717) is 23.5 Å². The fraction of sp³-hybridized carbons (Fsp3) is 0.250. The maximum atomic E-state index is 13.2. The minimum Gasteiger partial charge on any atom is -0.481 e. The summed E-state index contributed by atoms with van der Waals surface area (Å²) in [6.45, 7) is 5.18. The molecule has 8 heteroatoms. The minimum absolute atomic E-state index is 0.199. The molecule has 8 nitrogen and oxygen atoms in total.